The molecule has 0 fully saturated rings. The Morgan fingerprint density at radius 2 is 1.78 bits per heavy atom. The lowest BCUT2D eigenvalue weighted by Crippen LogP contribution is -2.15. The molecule has 1 unspecified atom stereocenters. The standard InChI is InChI=1S/C16H16FNO4S/c1-11(16(19)20)10-12-6-8-13(9-7-12)18-23(21,22)15-5-3-2-4-14(15)17/h2-9,11,18H,10H2,1H3,(H,19,20). The average molecular weight is 337 g/mol. The maximum atomic E-state index is 13.6. The molecule has 2 aromatic rings. The van der Waals surface area contributed by atoms with Gasteiger partial charge < -0.3 is 5.11 Å². The lowest BCUT2D eigenvalue weighted by Gasteiger charge is -2.10. The first kappa shape index (κ1) is 17.0. The normalized spacial score (nSPS) is 12.6. The smallest absolute Gasteiger partial charge is 0.306 e. The number of halogens is 1. The molecule has 122 valence electrons. The molecule has 0 heterocycles. The van der Waals surface area contributed by atoms with Crippen molar-refractivity contribution in [3.05, 3.63) is 59.9 Å². The molecular formula is C16H16FNO4S. The van der Waals surface area contributed by atoms with Gasteiger partial charge in [0.05, 0.1) is 5.92 Å². The fourth-order valence-electron chi connectivity index (χ4n) is 2.02. The molecule has 0 aliphatic heterocycles. The molecule has 0 aliphatic carbocycles. The number of anilines is 1. The van der Waals surface area contributed by atoms with E-state index in [0.717, 1.165) is 11.6 Å². The van der Waals surface area contributed by atoms with E-state index in [-0.39, 0.29) is 5.69 Å². The van der Waals surface area contributed by atoms with Crippen LogP contribution in [0.4, 0.5) is 10.1 Å². The highest BCUT2D eigenvalue weighted by Gasteiger charge is 2.18. The lowest BCUT2D eigenvalue weighted by atomic mass is 10.0. The number of aliphatic carboxylic acids is 1. The number of carboxylic acids is 1. The molecule has 0 amide bonds. The highest BCUT2D eigenvalue weighted by atomic mass is 32.2. The monoisotopic (exact) mass is 337 g/mol. The number of rotatable bonds is 6. The van der Waals surface area contributed by atoms with Crippen molar-refractivity contribution in [1.82, 2.24) is 0 Å². The molecule has 0 aromatic heterocycles. The van der Waals surface area contributed by atoms with Crippen LogP contribution in [0.3, 0.4) is 0 Å². The van der Waals surface area contributed by atoms with Gasteiger partial charge in [0.1, 0.15) is 10.7 Å². The molecule has 0 saturated heterocycles. The number of carboxylic acid groups (broad SMARTS) is 1. The predicted octanol–water partition coefficient (Wildman–Crippen LogP) is 2.89. The summed E-state index contributed by atoms with van der Waals surface area (Å²) in [7, 11) is -4.01. The van der Waals surface area contributed by atoms with E-state index >= 15 is 0 Å². The van der Waals surface area contributed by atoms with E-state index in [1.165, 1.54) is 30.3 Å². The summed E-state index contributed by atoms with van der Waals surface area (Å²) in [5.74, 6) is -2.25. The van der Waals surface area contributed by atoms with Gasteiger partial charge in [-0.05, 0) is 36.2 Å². The number of hydrogen-bond acceptors (Lipinski definition) is 3. The SMILES string of the molecule is CC(Cc1ccc(NS(=O)(=O)c2ccccc2F)cc1)C(=O)O. The largest absolute Gasteiger partial charge is 0.481 e. The summed E-state index contributed by atoms with van der Waals surface area (Å²) in [4.78, 5) is 10.4. The first-order valence-corrected chi connectivity index (χ1v) is 8.37. The fraction of sp³-hybridized carbons (Fsp3) is 0.188. The molecule has 0 spiro atoms. The van der Waals surface area contributed by atoms with Gasteiger partial charge in [0.2, 0.25) is 0 Å². The maximum Gasteiger partial charge on any atom is 0.306 e. The molecule has 23 heavy (non-hydrogen) atoms. The second-order valence-electron chi connectivity index (χ2n) is 5.18. The average Bonchev–Trinajstić information content (AvgIpc) is 2.49. The van der Waals surface area contributed by atoms with Gasteiger partial charge in [-0.1, -0.05) is 31.2 Å². The van der Waals surface area contributed by atoms with Crippen molar-refractivity contribution in [2.45, 2.75) is 18.2 Å². The van der Waals surface area contributed by atoms with Crippen LogP contribution in [0.1, 0.15) is 12.5 Å². The Balaban J connectivity index is 2.15. The van der Waals surface area contributed by atoms with Gasteiger partial charge in [0, 0.05) is 5.69 Å². The number of benzene rings is 2. The summed E-state index contributed by atoms with van der Waals surface area (Å²) in [5, 5.41) is 8.88. The van der Waals surface area contributed by atoms with E-state index in [4.69, 9.17) is 5.11 Å². The van der Waals surface area contributed by atoms with Gasteiger partial charge in [-0.25, -0.2) is 12.8 Å². The van der Waals surface area contributed by atoms with E-state index < -0.39 is 32.6 Å². The van der Waals surface area contributed by atoms with Crippen molar-refractivity contribution >= 4 is 21.7 Å². The van der Waals surface area contributed by atoms with Crippen LogP contribution >= 0.6 is 0 Å². The van der Waals surface area contributed by atoms with Crippen molar-refractivity contribution in [1.29, 1.82) is 0 Å². The highest BCUT2D eigenvalue weighted by Crippen LogP contribution is 2.19. The van der Waals surface area contributed by atoms with E-state index in [9.17, 15) is 17.6 Å². The number of sulfonamides is 1. The van der Waals surface area contributed by atoms with Crippen LogP contribution in [-0.4, -0.2) is 19.5 Å². The van der Waals surface area contributed by atoms with Crippen LogP contribution in [-0.2, 0) is 21.2 Å². The fourth-order valence-corrected chi connectivity index (χ4v) is 3.16. The molecule has 0 aliphatic rings. The van der Waals surface area contributed by atoms with Gasteiger partial charge in [-0.3, -0.25) is 9.52 Å². The van der Waals surface area contributed by atoms with Crippen LogP contribution in [0.5, 0.6) is 0 Å². The number of hydrogen-bond donors (Lipinski definition) is 2. The number of carbonyl (C=O) groups is 1. The zero-order valence-electron chi connectivity index (χ0n) is 12.4. The molecule has 5 nitrogen and oxygen atoms in total. The zero-order valence-corrected chi connectivity index (χ0v) is 13.2. The first-order chi connectivity index (χ1) is 10.8. The van der Waals surface area contributed by atoms with Crippen molar-refractivity contribution in [3.63, 3.8) is 0 Å². The minimum Gasteiger partial charge on any atom is -0.481 e. The molecule has 2 N–H and O–H groups in total. The Hall–Kier alpha value is -2.41. The first-order valence-electron chi connectivity index (χ1n) is 6.88. The Labute approximate surface area is 133 Å². The van der Waals surface area contributed by atoms with Crippen LogP contribution in [0.2, 0.25) is 0 Å². The molecule has 2 rings (SSSR count). The Morgan fingerprint density at radius 1 is 1.17 bits per heavy atom. The predicted molar refractivity (Wildman–Crippen MR) is 84.2 cm³/mol. The summed E-state index contributed by atoms with van der Waals surface area (Å²) < 4.78 is 40.2. The third-order valence-electron chi connectivity index (χ3n) is 3.30. The molecular weight excluding hydrogens is 321 g/mol. The minimum absolute atomic E-state index is 0.278. The number of nitrogens with one attached hydrogen (secondary N) is 1. The van der Waals surface area contributed by atoms with Gasteiger partial charge in [0.15, 0.2) is 0 Å². The van der Waals surface area contributed by atoms with Crippen LogP contribution in [0.25, 0.3) is 0 Å². The quantitative estimate of drug-likeness (QED) is 0.849. The molecule has 0 bridgehead atoms. The van der Waals surface area contributed by atoms with Gasteiger partial charge >= 0.3 is 5.97 Å². The van der Waals surface area contributed by atoms with Crippen molar-refractivity contribution in [3.8, 4) is 0 Å². The molecule has 0 radical (unpaired) electrons. The summed E-state index contributed by atoms with van der Waals surface area (Å²) in [6.45, 7) is 1.59. The Morgan fingerprint density at radius 3 is 2.35 bits per heavy atom. The van der Waals surface area contributed by atoms with Crippen molar-refractivity contribution < 1.29 is 22.7 Å². The molecule has 2 aromatic carbocycles. The van der Waals surface area contributed by atoms with E-state index in [0.29, 0.717) is 6.42 Å². The zero-order chi connectivity index (χ0) is 17.0. The molecule has 1 atom stereocenters. The molecule has 0 saturated carbocycles. The summed E-state index contributed by atoms with van der Waals surface area (Å²) >= 11 is 0. The minimum atomic E-state index is -4.01. The van der Waals surface area contributed by atoms with Gasteiger partial charge in [-0.15, -0.1) is 0 Å². The summed E-state index contributed by atoms with van der Waals surface area (Å²) in [5.41, 5.74) is 1.05. The van der Waals surface area contributed by atoms with Crippen molar-refractivity contribution in [2.24, 2.45) is 5.92 Å². The van der Waals surface area contributed by atoms with Crippen LogP contribution in [0, 0.1) is 11.7 Å². The van der Waals surface area contributed by atoms with Crippen molar-refractivity contribution in [2.75, 3.05) is 4.72 Å². The summed E-state index contributed by atoms with van der Waals surface area (Å²) in [6, 6.07) is 11.4. The second kappa shape index (κ2) is 6.78. The molecule has 7 heteroatoms. The van der Waals surface area contributed by atoms with E-state index in [1.54, 1.807) is 19.1 Å². The van der Waals surface area contributed by atoms with E-state index in [1.807, 2.05) is 0 Å². The lowest BCUT2D eigenvalue weighted by molar-refractivity contribution is -0.141. The van der Waals surface area contributed by atoms with E-state index in [2.05, 4.69) is 4.72 Å². The highest BCUT2D eigenvalue weighted by molar-refractivity contribution is 7.92. The third kappa shape index (κ3) is 4.29. The van der Waals surface area contributed by atoms with Gasteiger partial charge in [-0.2, -0.15) is 0 Å². The Kier molecular flexibility index (Phi) is 5.00. The van der Waals surface area contributed by atoms with Crippen LogP contribution in [0.15, 0.2) is 53.4 Å². The maximum absolute atomic E-state index is 13.6. The third-order valence-corrected chi connectivity index (χ3v) is 4.71. The topological polar surface area (TPSA) is 83.5 Å². The second-order valence-corrected chi connectivity index (χ2v) is 6.83. The van der Waals surface area contributed by atoms with Gasteiger partial charge in [0.25, 0.3) is 10.0 Å². The van der Waals surface area contributed by atoms with Crippen LogP contribution < -0.4 is 4.72 Å². The summed E-state index contributed by atoms with van der Waals surface area (Å²) in [6.07, 6.45) is 0.343. The Bertz CT molecular complexity index is 803.